The maximum atomic E-state index is 12.7. The maximum absolute atomic E-state index is 12.7. The van der Waals surface area contributed by atoms with E-state index in [1.165, 1.54) is 6.08 Å². The quantitative estimate of drug-likeness (QED) is 0.651. The van der Waals surface area contributed by atoms with Crippen LogP contribution in [-0.2, 0) is 14.3 Å². The van der Waals surface area contributed by atoms with E-state index in [2.05, 4.69) is 11.9 Å². The predicted molar refractivity (Wildman–Crippen MR) is 93.7 cm³/mol. The van der Waals surface area contributed by atoms with Crippen molar-refractivity contribution in [1.82, 2.24) is 5.32 Å². The molecule has 130 valence electrons. The molecule has 25 heavy (non-hydrogen) atoms. The average Bonchev–Trinajstić information content (AvgIpc) is 2.58. The van der Waals surface area contributed by atoms with Crippen molar-refractivity contribution >= 4 is 11.8 Å². The molecule has 1 aliphatic heterocycles. The minimum atomic E-state index is -0.534. The van der Waals surface area contributed by atoms with Crippen LogP contribution in [0.15, 0.2) is 59.5 Å². The van der Waals surface area contributed by atoms with Gasteiger partial charge in [-0.3, -0.25) is 4.79 Å². The van der Waals surface area contributed by atoms with E-state index >= 15 is 0 Å². The molecule has 1 atom stereocenters. The van der Waals surface area contributed by atoms with Gasteiger partial charge in [0.05, 0.1) is 5.57 Å². The first-order chi connectivity index (χ1) is 12.0. The zero-order chi connectivity index (χ0) is 18.0. The first-order valence-corrected chi connectivity index (χ1v) is 8.34. The number of dihydropyridines is 1. The van der Waals surface area contributed by atoms with Crippen LogP contribution in [0.1, 0.15) is 37.7 Å². The smallest absolute Gasteiger partial charge is 0.337 e. The largest absolute Gasteiger partial charge is 0.508 e. The van der Waals surface area contributed by atoms with Crippen molar-refractivity contribution in [3.63, 3.8) is 0 Å². The van der Waals surface area contributed by atoms with Crippen LogP contribution in [0.25, 0.3) is 0 Å². The molecule has 0 amide bonds. The second-order valence-electron chi connectivity index (χ2n) is 6.25. The van der Waals surface area contributed by atoms with Crippen LogP contribution < -0.4 is 5.32 Å². The highest BCUT2D eigenvalue weighted by Gasteiger charge is 2.39. The minimum absolute atomic E-state index is 0.0311. The number of carbonyl (C=O) groups is 2. The fraction of sp³-hybridized carbons (Fsp3) is 0.300. The topological polar surface area (TPSA) is 75.6 Å². The molecule has 1 aliphatic carbocycles. The van der Waals surface area contributed by atoms with E-state index in [4.69, 9.17) is 4.74 Å². The molecule has 2 N–H and O–H groups in total. The van der Waals surface area contributed by atoms with Gasteiger partial charge in [-0.05, 0) is 37.5 Å². The molecule has 3 rings (SSSR count). The Hall–Kier alpha value is -2.82. The molecule has 0 radical (unpaired) electrons. The predicted octanol–water partition coefficient (Wildman–Crippen LogP) is 3.09. The number of hydrogen-bond acceptors (Lipinski definition) is 5. The van der Waals surface area contributed by atoms with Gasteiger partial charge in [0, 0.05) is 29.3 Å². The molecule has 5 heteroatoms. The van der Waals surface area contributed by atoms with Gasteiger partial charge in [-0.2, -0.15) is 0 Å². The minimum Gasteiger partial charge on any atom is -0.508 e. The summed E-state index contributed by atoms with van der Waals surface area (Å²) in [5.74, 6) is -0.891. The molecule has 0 saturated heterocycles. The molecule has 0 spiro atoms. The van der Waals surface area contributed by atoms with Gasteiger partial charge in [-0.1, -0.05) is 24.8 Å². The van der Waals surface area contributed by atoms with Gasteiger partial charge in [0.1, 0.15) is 12.4 Å². The van der Waals surface area contributed by atoms with Gasteiger partial charge in [-0.25, -0.2) is 4.79 Å². The number of phenolic OH excluding ortho intramolecular Hbond substituents is 1. The molecule has 1 heterocycles. The molecule has 0 bridgehead atoms. The highest BCUT2D eigenvalue weighted by atomic mass is 16.5. The first-order valence-electron chi connectivity index (χ1n) is 8.34. The van der Waals surface area contributed by atoms with Crippen LogP contribution in [-0.4, -0.2) is 23.5 Å². The molecule has 2 aliphatic rings. The molecule has 5 nitrogen and oxygen atoms in total. The molecule has 1 aromatic carbocycles. The fourth-order valence-corrected chi connectivity index (χ4v) is 3.50. The van der Waals surface area contributed by atoms with E-state index in [1.54, 1.807) is 18.2 Å². The third-order valence-corrected chi connectivity index (χ3v) is 4.53. The number of phenols is 1. The Bertz CT molecular complexity index is 804. The van der Waals surface area contributed by atoms with Gasteiger partial charge in [0.2, 0.25) is 0 Å². The summed E-state index contributed by atoms with van der Waals surface area (Å²) < 4.78 is 5.25. The summed E-state index contributed by atoms with van der Waals surface area (Å²) in [7, 11) is 0. The van der Waals surface area contributed by atoms with Crippen molar-refractivity contribution in [2.75, 3.05) is 6.61 Å². The van der Waals surface area contributed by atoms with E-state index in [-0.39, 0.29) is 18.1 Å². The Morgan fingerprint density at radius 2 is 2.24 bits per heavy atom. The molecular weight excluding hydrogens is 318 g/mol. The van der Waals surface area contributed by atoms with E-state index in [0.29, 0.717) is 28.8 Å². The van der Waals surface area contributed by atoms with Crippen molar-refractivity contribution in [3.05, 3.63) is 65.0 Å². The van der Waals surface area contributed by atoms with Crippen LogP contribution in [0.3, 0.4) is 0 Å². The Kier molecular flexibility index (Phi) is 4.74. The van der Waals surface area contributed by atoms with Crippen LogP contribution >= 0.6 is 0 Å². The third kappa shape index (κ3) is 3.22. The fourth-order valence-electron chi connectivity index (χ4n) is 3.50. The van der Waals surface area contributed by atoms with Gasteiger partial charge < -0.3 is 15.2 Å². The number of Topliss-reactive ketones (excluding diaryl/α,β-unsaturated/α-hetero) is 1. The van der Waals surface area contributed by atoms with Crippen molar-refractivity contribution in [2.45, 2.75) is 32.1 Å². The number of benzene rings is 1. The number of esters is 1. The van der Waals surface area contributed by atoms with E-state index in [1.807, 2.05) is 13.0 Å². The maximum Gasteiger partial charge on any atom is 0.337 e. The van der Waals surface area contributed by atoms with Crippen LogP contribution in [0.5, 0.6) is 5.75 Å². The Morgan fingerprint density at radius 1 is 1.44 bits per heavy atom. The molecule has 0 fully saturated rings. The summed E-state index contributed by atoms with van der Waals surface area (Å²) in [5, 5.41) is 13.1. The van der Waals surface area contributed by atoms with Crippen molar-refractivity contribution in [3.8, 4) is 5.75 Å². The lowest BCUT2D eigenvalue weighted by Gasteiger charge is -2.34. The van der Waals surface area contributed by atoms with Crippen molar-refractivity contribution < 1.29 is 19.4 Å². The zero-order valence-corrected chi connectivity index (χ0v) is 14.2. The second-order valence-corrected chi connectivity index (χ2v) is 6.25. The molecule has 0 unspecified atom stereocenters. The zero-order valence-electron chi connectivity index (χ0n) is 14.2. The van der Waals surface area contributed by atoms with Crippen molar-refractivity contribution in [2.24, 2.45) is 0 Å². The first kappa shape index (κ1) is 17.0. The number of nitrogens with one attached hydrogen (secondary N) is 1. The Labute approximate surface area is 146 Å². The summed E-state index contributed by atoms with van der Waals surface area (Å²) in [6.07, 6.45) is 3.53. The summed E-state index contributed by atoms with van der Waals surface area (Å²) in [4.78, 5) is 25.3. The Morgan fingerprint density at radius 3 is 2.96 bits per heavy atom. The SMILES string of the molecule is C=CCOC(=O)C1=C(C)NC2=C(C(=O)CCC2)[C@@H]1c1cccc(O)c1. The Balaban J connectivity index is 2.13. The monoisotopic (exact) mass is 339 g/mol. The molecule has 0 saturated carbocycles. The lowest BCUT2D eigenvalue weighted by Crippen LogP contribution is -2.34. The second kappa shape index (κ2) is 6.97. The highest BCUT2D eigenvalue weighted by molar-refractivity contribution is 6.03. The van der Waals surface area contributed by atoms with E-state index in [0.717, 1.165) is 18.5 Å². The molecular formula is C20H21NO4. The lowest BCUT2D eigenvalue weighted by molar-refractivity contribution is -0.138. The number of hydrogen-bond donors (Lipinski definition) is 2. The highest BCUT2D eigenvalue weighted by Crippen LogP contribution is 2.42. The lowest BCUT2D eigenvalue weighted by atomic mass is 9.75. The summed E-state index contributed by atoms with van der Waals surface area (Å²) in [6, 6.07) is 6.68. The number of aromatic hydroxyl groups is 1. The number of ether oxygens (including phenoxy) is 1. The summed E-state index contributed by atoms with van der Waals surface area (Å²) >= 11 is 0. The van der Waals surface area contributed by atoms with E-state index in [9.17, 15) is 14.7 Å². The average molecular weight is 339 g/mol. The molecule has 0 aromatic heterocycles. The number of allylic oxidation sites excluding steroid dienone is 3. The van der Waals surface area contributed by atoms with Crippen molar-refractivity contribution in [1.29, 1.82) is 0 Å². The van der Waals surface area contributed by atoms with Gasteiger partial charge in [-0.15, -0.1) is 0 Å². The third-order valence-electron chi connectivity index (χ3n) is 4.53. The standard InChI is InChI=1S/C20H21NO4/c1-3-10-25-20(24)17-12(2)21-15-8-5-9-16(23)19(15)18(17)13-6-4-7-14(22)11-13/h3-4,6-7,11,18,21-22H,1,5,8-10H2,2H3/t18-/m1/s1. The number of carbonyl (C=O) groups excluding carboxylic acids is 2. The van der Waals surface area contributed by atoms with Crippen LogP contribution in [0.4, 0.5) is 0 Å². The van der Waals surface area contributed by atoms with Crippen LogP contribution in [0.2, 0.25) is 0 Å². The van der Waals surface area contributed by atoms with Gasteiger partial charge in [0.15, 0.2) is 5.78 Å². The van der Waals surface area contributed by atoms with Gasteiger partial charge >= 0.3 is 5.97 Å². The van der Waals surface area contributed by atoms with Gasteiger partial charge in [0.25, 0.3) is 0 Å². The summed E-state index contributed by atoms with van der Waals surface area (Å²) in [5.41, 5.74) is 3.25. The van der Waals surface area contributed by atoms with Crippen LogP contribution in [0, 0.1) is 0 Å². The molecule has 1 aromatic rings. The summed E-state index contributed by atoms with van der Waals surface area (Å²) in [6.45, 7) is 5.47. The normalized spacial score (nSPS) is 20.0. The number of ketones is 1. The van der Waals surface area contributed by atoms with E-state index < -0.39 is 11.9 Å². The number of rotatable bonds is 4.